The molecule has 1 heterocycles. The van der Waals surface area contributed by atoms with E-state index in [0.29, 0.717) is 12.6 Å². The van der Waals surface area contributed by atoms with Gasteiger partial charge in [0.15, 0.2) is 9.84 Å². The van der Waals surface area contributed by atoms with Crippen LogP contribution in [-0.4, -0.2) is 56.5 Å². The van der Waals surface area contributed by atoms with Crippen LogP contribution in [0, 0.1) is 0 Å². The van der Waals surface area contributed by atoms with E-state index in [2.05, 4.69) is 17.1 Å². The normalized spacial score (nSPS) is 20.9. The summed E-state index contributed by atoms with van der Waals surface area (Å²) in [7, 11) is -3.01. The Balaban J connectivity index is 2.34. The Morgan fingerprint density at radius 1 is 1.22 bits per heavy atom. The predicted octanol–water partition coefficient (Wildman–Crippen LogP) is 1.27. The average molecular weight is 276 g/mol. The molecule has 0 spiro atoms. The number of hydrogen-bond acceptors (Lipinski definition) is 4. The predicted molar refractivity (Wildman–Crippen MR) is 76.7 cm³/mol. The lowest BCUT2D eigenvalue weighted by molar-refractivity contribution is 0.208. The first-order valence-electron chi connectivity index (χ1n) is 6.88. The molecule has 0 radical (unpaired) electrons. The average Bonchev–Trinajstić information content (AvgIpc) is 2.26. The molecule has 4 nitrogen and oxygen atoms in total. The van der Waals surface area contributed by atoms with Crippen molar-refractivity contribution in [3.63, 3.8) is 0 Å². The van der Waals surface area contributed by atoms with Crippen LogP contribution in [0.1, 0.15) is 40.0 Å². The fraction of sp³-hybridized carbons (Fsp3) is 1.00. The van der Waals surface area contributed by atoms with E-state index in [1.165, 1.54) is 38.6 Å². The van der Waals surface area contributed by atoms with E-state index in [1.807, 2.05) is 0 Å². The van der Waals surface area contributed by atoms with Crippen molar-refractivity contribution in [2.75, 3.05) is 32.4 Å². The number of likely N-dealkylation sites (tertiary alicyclic amines) is 1. The molecule has 1 aliphatic rings. The zero-order valence-corrected chi connectivity index (χ0v) is 13.0. The Labute approximate surface area is 112 Å². The van der Waals surface area contributed by atoms with Crippen LogP contribution in [0.5, 0.6) is 0 Å². The van der Waals surface area contributed by atoms with Gasteiger partial charge in [-0.25, -0.2) is 8.42 Å². The van der Waals surface area contributed by atoms with Gasteiger partial charge >= 0.3 is 0 Å². The van der Waals surface area contributed by atoms with Gasteiger partial charge in [0.05, 0.1) is 4.75 Å². The minimum absolute atomic E-state index is 0.337. The number of rotatable bonds is 6. The summed E-state index contributed by atoms with van der Waals surface area (Å²) in [4.78, 5) is 2.47. The summed E-state index contributed by atoms with van der Waals surface area (Å²) < 4.78 is 22.5. The number of piperidine rings is 1. The molecule has 1 atom stereocenters. The van der Waals surface area contributed by atoms with E-state index in [-0.39, 0.29) is 0 Å². The number of hydrogen-bond donors (Lipinski definition) is 1. The third-order valence-electron chi connectivity index (χ3n) is 3.86. The highest BCUT2D eigenvalue weighted by Crippen LogP contribution is 2.14. The zero-order chi connectivity index (χ0) is 13.8. The van der Waals surface area contributed by atoms with E-state index < -0.39 is 14.6 Å². The summed E-state index contributed by atoms with van der Waals surface area (Å²) in [5.41, 5.74) is 0. The molecular formula is C13H28N2O2S. The van der Waals surface area contributed by atoms with E-state index in [1.54, 1.807) is 13.8 Å². The minimum Gasteiger partial charge on any atom is -0.311 e. The highest BCUT2D eigenvalue weighted by molar-refractivity contribution is 7.92. The summed E-state index contributed by atoms with van der Waals surface area (Å²) in [6.07, 6.45) is 5.24. The van der Waals surface area contributed by atoms with Gasteiger partial charge in [-0.15, -0.1) is 0 Å². The third kappa shape index (κ3) is 4.86. The molecule has 1 unspecified atom stereocenters. The van der Waals surface area contributed by atoms with E-state index in [9.17, 15) is 8.42 Å². The molecule has 0 aromatic carbocycles. The summed E-state index contributed by atoms with van der Waals surface area (Å²) in [6, 6.07) is 0.337. The molecule has 108 valence electrons. The lowest BCUT2D eigenvalue weighted by Gasteiger charge is -2.31. The second-order valence-electron chi connectivity index (χ2n) is 6.18. The van der Waals surface area contributed by atoms with Crippen LogP contribution in [0.4, 0.5) is 0 Å². The molecule has 0 aliphatic carbocycles. The van der Waals surface area contributed by atoms with Crippen molar-refractivity contribution in [3.05, 3.63) is 0 Å². The zero-order valence-electron chi connectivity index (χ0n) is 12.2. The summed E-state index contributed by atoms with van der Waals surface area (Å²) in [5.74, 6) is 0. The van der Waals surface area contributed by atoms with Crippen molar-refractivity contribution in [1.29, 1.82) is 0 Å². The smallest absolute Gasteiger partial charge is 0.153 e. The van der Waals surface area contributed by atoms with Crippen LogP contribution in [-0.2, 0) is 9.84 Å². The Morgan fingerprint density at radius 2 is 1.78 bits per heavy atom. The van der Waals surface area contributed by atoms with Crippen molar-refractivity contribution in [3.8, 4) is 0 Å². The van der Waals surface area contributed by atoms with Crippen LogP contribution in [0.3, 0.4) is 0 Å². The van der Waals surface area contributed by atoms with E-state index >= 15 is 0 Å². The summed E-state index contributed by atoms with van der Waals surface area (Å²) in [5, 5.41) is 3.36. The quantitative estimate of drug-likeness (QED) is 0.794. The fourth-order valence-corrected chi connectivity index (χ4v) is 2.49. The lowest BCUT2D eigenvalue weighted by atomic mass is 10.1. The van der Waals surface area contributed by atoms with Crippen LogP contribution in [0.2, 0.25) is 0 Å². The van der Waals surface area contributed by atoms with Crippen molar-refractivity contribution in [2.24, 2.45) is 0 Å². The van der Waals surface area contributed by atoms with Crippen LogP contribution in [0.25, 0.3) is 0 Å². The van der Waals surface area contributed by atoms with Gasteiger partial charge in [0.2, 0.25) is 0 Å². The lowest BCUT2D eigenvalue weighted by Crippen LogP contribution is -2.48. The van der Waals surface area contributed by atoms with Gasteiger partial charge in [0.1, 0.15) is 0 Å². The molecule has 1 N–H and O–H groups in total. The molecule has 18 heavy (non-hydrogen) atoms. The van der Waals surface area contributed by atoms with Gasteiger partial charge in [-0.3, -0.25) is 0 Å². The molecule has 5 heteroatoms. The Kier molecular flexibility index (Phi) is 5.62. The van der Waals surface area contributed by atoms with E-state index in [0.717, 1.165) is 6.54 Å². The maximum atomic E-state index is 11.6. The SMILES string of the molecule is CC(CN1CCCCC1)NCC(C)(C)S(C)(=O)=O. The van der Waals surface area contributed by atoms with Crippen LogP contribution < -0.4 is 5.32 Å². The topological polar surface area (TPSA) is 49.4 Å². The maximum Gasteiger partial charge on any atom is 0.153 e. The Morgan fingerprint density at radius 3 is 2.28 bits per heavy atom. The molecule has 0 aromatic heterocycles. The first-order chi connectivity index (χ1) is 8.22. The largest absolute Gasteiger partial charge is 0.311 e. The molecule has 1 fully saturated rings. The van der Waals surface area contributed by atoms with Crippen LogP contribution in [0.15, 0.2) is 0 Å². The van der Waals surface area contributed by atoms with Crippen molar-refractivity contribution in [1.82, 2.24) is 10.2 Å². The second kappa shape index (κ2) is 6.35. The molecule has 0 aromatic rings. The third-order valence-corrected chi connectivity index (χ3v) is 6.01. The number of sulfone groups is 1. The summed E-state index contributed by atoms with van der Waals surface area (Å²) in [6.45, 7) is 9.59. The number of nitrogens with zero attached hydrogens (tertiary/aromatic N) is 1. The van der Waals surface area contributed by atoms with E-state index in [4.69, 9.17) is 0 Å². The monoisotopic (exact) mass is 276 g/mol. The highest BCUT2D eigenvalue weighted by atomic mass is 32.2. The van der Waals surface area contributed by atoms with Crippen LogP contribution >= 0.6 is 0 Å². The molecule has 1 rings (SSSR count). The van der Waals surface area contributed by atoms with Crippen molar-refractivity contribution < 1.29 is 8.42 Å². The number of nitrogens with one attached hydrogen (secondary N) is 1. The van der Waals surface area contributed by atoms with Gasteiger partial charge in [-0.05, 0) is 46.7 Å². The first kappa shape index (κ1) is 15.9. The highest BCUT2D eigenvalue weighted by Gasteiger charge is 2.30. The standard InChI is InChI=1S/C13H28N2O2S/c1-12(10-15-8-6-5-7-9-15)14-11-13(2,3)18(4,16)17/h12,14H,5-11H2,1-4H3. The Bertz CT molecular complexity index is 346. The van der Waals surface area contributed by atoms with Gasteiger partial charge < -0.3 is 10.2 Å². The first-order valence-corrected chi connectivity index (χ1v) is 8.77. The van der Waals surface area contributed by atoms with Gasteiger partial charge in [-0.1, -0.05) is 6.42 Å². The van der Waals surface area contributed by atoms with Crippen molar-refractivity contribution in [2.45, 2.75) is 50.8 Å². The minimum atomic E-state index is -3.01. The van der Waals surface area contributed by atoms with Gasteiger partial charge in [-0.2, -0.15) is 0 Å². The molecule has 0 bridgehead atoms. The maximum absolute atomic E-state index is 11.6. The molecular weight excluding hydrogens is 248 g/mol. The molecule has 0 saturated carbocycles. The molecule has 1 saturated heterocycles. The van der Waals surface area contributed by atoms with Gasteiger partial charge in [0.25, 0.3) is 0 Å². The summed E-state index contributed by atoms with van der Waals surface area (Å²) >= 11 is 0. The Hall–Kier alpha value is -0.130. The fourth-order valence-electron chi connectivity index (χ4n) is 2.14. The molecule has 1 aliphatic heterocycles. The van der Waals surface area contributed by atoms with Gasteiger partial charge in [0, 0.05) is 25.4 Å². The van der Waals surface area contributed by atoms with Crippen molar-refractivity contribution >= 4 is 9.84 Å². The second-order valence-corrected chi connectivity index (χ2v) is 8.82. The molecule has 0 amide bonds.